The minimum atomic E-state index is -4.11. The number of hydrogen-bond acceptors (Lipinski definition) is 3. The number of allylic oxidation sites excluding steroid dienone is 1. The number of rotatable bonds is 4. The van der Waals surface area contributed by atoms with Crippen molar-refractivity contribution in [1.29, 1.82) is 0 Å². The van der Waals surface area contributed by atoms with Crippen LogP contribution in [0.5, 0.6) is 0 Å². The third kappa shape index (κ3) is 3.80. The maximum Gasteiger partial charge on any atom is 0.290 e. The van der Waals surface area contributed by atoms with Gasteiger partial charge in [-0.25, -0.2) is 8.42 Å². The number of nitrogens with zero attached hydrogens (tertiary/aromatic N) is 1. The van der Waals surface area contributed by atoms with Gasteiger partial charge in [-0.2, -0.15) is 8.78 Å². The Labute approximate surface area is 122 Å². The van der Waals surface area contributed by atoms with Gasteiger partial charge in [-0.15, -0.1) is 0 Å². The van der Waals surface area contributed by atoms with Gasteiger partial charge < -0.3 is 4.90 Å². The van der Waals surface area contributed by atoms with E-state index in [1.165, 1.54) is 31.1 Å². The van der Waals surface area contributed by atoms with E-state index in [2.05, 4.69) is 0 Å². The summed E-state index contributed by atoms with van der Waals surface area (Å²) in [5, 5.41) is -1.07. The summed E-state index contributed by atoms with van der Waals surface area (Å²) in [4.78, 5) is 0.621. The highest BCUT2D eigenvalue weighted by Crippen LogP contribution is 2.31. The van der Waals surface area contributed by atoms with Gasteiger partial charge >= 0.3 is 0 Å². The smallest absolute Gasteiger partial charge is 0.290 e. The Kier molecular flexibility index (Phi) is 5.30. The van der Waals surface area contributed by atoms with Crippen LogP contribution in [0.25, 0.3) is 0 Å². The first-order valence-corrected chi connectivity index (χ1v) is 7.43. The van der Waals surface area contributed by atoms with Gasteiger partial charge in [0.15, 0.2) is 0 Å². The Bertz CT molecular complexity index is 645. The van der Waals surface area contributed by atoms with Gasteiger partial charge in [-0.05, 0) is 19.1 Å². The molecule has 0 aliphatic rings. The third-order valence-corrected chi connectivity index (χ3v) is 4.62. The van der Waals surface area contributed by atoms with Crippen molar-refractivity contribution in [1.82, 2.24) is 4.90 Å². The molecule has 1 aromatic rings. The van der Waals surface area contributed by atoms with Crippen LogP contribution >= 0.6 is 11.6 Å². The Morgan fingerprint density at radius 1 is 1.20 bits per heavy atom. The second kappa shape index (κ2) is 6.37. The highest BCUT2D eigenvalue weighted by molar-refractivity contribution is 7.95. The number of sulfone groups is 1. The predicted octanol–water partition coefficient (Wildman–Crippen LogP) is 3.52. The Morgan fingerprint density at radius 3 is 2.10 bits per heavy atom. The summed E-state index contributed by atoms with van der Waals surface area (Å²) < 4.78 is 50.1. The van der Waals surface area contributed by atoms with Crippen LogP contribution in [0.3, 0.4) is 0 Å². The van der Waals surface area contributed by atoms with Gasteiger partial charge in [0.2, 0.25) is 9.84 Å². The Hall–Kier alpha value is -1.40. The molecular formula is C13H14ClF2NO2S. The van der Waals surface area contributed by atoms with E-state index in [1.807, 2.05) is 0 Å². The van der Waals surface area contributed by atoms with Crippen molar-refractivity contribution in [2.24, 2.45) is 0 Å². The van der Waals surface area contributed by atoms with Crippen LogP contribution in [0.1, 0.15) is 5.56 Å². The molecular weight excluding hydrogens is 308 g/mol. The first-order valence-electron chi connectivity index (χ1n) is 5.57. The predicted molar refractivity (Wildman–Crippen MR) is 75.2 cm³/mol. The molecule has 20 heavy (non-hydrogen) atoms. The molecule has 110 valence electrons. The molecule has 0 saturated heterocycles. The van der Waals surface area contributed by atoms with Crippen LogP contribution in [0.4, 0.5) is 8.78 Å². The van der Waals surface area contributed by atoms with E-state index in [9.17, 15) is 17.2 Å². The average molecular weight is 322 g/mol. The summed E-state index contributed by atoms with van der Waals surface area (Å²) in [6.07, 6.45) is -1.19. The van der Waals surface area contributed by atoms with Gasteiger partial charge in [-0.3, -0.25) is 0 Å². The molecule has 1 aromatic carbocycles. The Morgan fingerprint density at radius 2 is 1.70 bits per heavy atom. The van der Waals surface area contributed by atoms with Crippen molar-refractivity contribution in [3.63, 3.8) is 0 Å². The minimum Gasteiger partial charge on any atom is -0.382 e. The van der Waals surface area contributed by atoms with Crippen molar-refractivity contribution in [2.45, 2.75) is 11.8 Å². The lowest BCUT2D eigenvalue weighted by molar-refractivity contribution is 0.418. The van der Waals surface area contributed by atoms with Crippen LogP contribution in [0.2, 0.25) is 0 Å². The lowest BCUT2D eigenvalue weighted by Gasteiger charge is -2.12. The molecule has 0 spiro atoms. The fourth-order valence-electron chi connectivity index (χ4n) is 1.42. The van der Waals surface area contributed by atoms with Crippen molar-refractivity contribution in [3.8, 4) is 0 Å². The van der Waals surface area contributed by atoms with Crippen molar-refractivity contribution in [2.75, 3.05) is 14.1 Å². The molecule has 3 nitrogen and oxygen atoms in total. The van der Waals surface area contributed by atoms with Crippen LogP contribution in [-0.2, 0) is 9.84 Å². The maximum absolute atomic E-state index is 12.7. The summed E-state index contributed by atoms with van der Waals surface area (Å²) in [5.41, 5.74) is 0.861. The van der Waals surface area contributed by atoms with E-state index < -0.39 is 25.9 Å². The third-order valence-electron chi connectivity index (χ3n) is 2.38. The monoisotopic (exact) mass is 321 g/mol. The van der Waals surface area contributed by atoms with Gasteiger partial charge in [-0.1, -0.05) is 29.3 Å². The molecule has 0 heterocycles. The van der Waals surface area contributed by atoms with Gasteiger partial charge in [0.05, 0.1) is 4.90 Å². The van der Waals surface area contributed by atoms with Gasteiger partial charge in [0, 0.05) is 20.3 Å². The lowest BCUT2D eigenvalue weighted by Crippen LogP contribution is -2.11. The van der Waals surface area contributed by atoms with Crippen molar-refractivity contribution >= 4 is 21.4 Å². The standard InChI is InChI=1S/C13H14ClF2NO2S/c1-9-4-6-10(7-5-9)20(18,19)11(8-17(2)3)12(14)13(15)16/h4-8H,1-3H3/b11-8-. The quantitative estimate of drug-likeness (QED) is 0.796. The largest absolute Gasteiger partial charge is 0.382 e. The highest BCUT2D eigenvalue weighted by atomic mass is 35.5. The molecule has 0 unspecified atom stereocenters. The van der Waals surface area contributed by atoms with Crippen LogP contribution in [-0.4, -0.2) is 27.4 Å². The molecule has 0 aliphatic heterocycles. The zero-order valence-electron chi connectivity index (χ0n) is 11.2. The normalized spacial score (nSPS) is 12.2. The molecule has 0 amide bonds. The molecule has 0 aromatic heterocycles. The fourth-order valence-corrected chi connectivity index (χ4v) is 3.18. The summed E-state index contributed by atoms with van der Waals surface area (Å²) in [6, 6.07) is 5.89. The first-order chi connectivity index (χ1) is 9.16. The molecule has 0 aliphatic carbocycles. The summed E-state index contributed by atoms with van der Waals surface area (Å²) >= 11 is 5.45. The summed E-state index contributed by atoms with van der Waals surface area (Å²) in [7, 11) is -1.07. The molecule has 0 bridgehead atoms. The molecule has 0 atom stereocenters. The summed E-state index contributed by atoms with van der Waals surface area (Å²) in [6.45, 7) is 1.79. The maximum atomic E-state index is 12.7. The number of halogens is 3. The molecule has 1 rings (SSSR count). The highest BCUT2D eigenvalue weighted by Gasteiger charge is 2.26. The number of hydrogen-bond donors (Lipinski definition) is 0. The van der Waals surface area contributed by atoms with Crippen LogP contribution in [0.15, 0.2) is 51.4 Å². The number of aryl methyl sites for hydroxylation is 1. The molecule has 0 N–H and O–H groups in total. The molecule has 0 saturated carbocycles. The first kappa shape index (κ1) is 16.7. The fraction of sp³-hybridized carbons (Fsp3) is 0.231. The van der Waals surface area contributed by atoms with E-state index in [4.69, 9.17) is 11.6 Å². The molecule has 7 heteroatoms. The zero-order chi connectivity index (χ0) is 15.5. The van der Waals surface area contributed by atoms with Gasteiger partial charge in [0.25, 0.3) is 6.08 Å². The van der Waals surface area contributed by atoms with E-state index in [0.717, 1.165) is 11.8 Å². The average Bonchev–Trinajstić information content (AvgIpc) is 2.35. The van der Waals surface area contributed by atoms with E-state index >= 15 is 0 Å². The minimum absolute atomic E-state index is 0.0874. The summed E-state index contributed by atoms with van der Waals surface area (Å²) in [5.74, 6) is 0. The second-order valence-corrected chi connectivity index (χ2v) is 6.64. The molecule has 0 fully saturated rings. The topological polar surface area (TPSA) is 37.4 Å². The van der Waals surface area contributed by atoms with Crippen molar-refractivity contribution < 1.29 is 17.2 Å². The molecule has 0 radical (unpaired) electrons. The van der Waals surface area contributed by atoms with Crippen LogP contribution in [0, 0.1) is 6.92 Å². The van der Waals surface area contributed by atoms with E-state index in [0.29, 0.717) is 0 Å². The van der Waals surface area contributed by atoms with Gasteiger partial charge in [0.1, 0.15) is 9.94 Å². The lowest BCUT2D eigenvalue weighted by atomic mass is 10.2. The Balaban J connectivity index is 3.48. The SMILES string of the molecule is Cc1ccc(S(=O)(=O)/C(=C\N(C)C)C(Cl)=C(F)F)cc1. The van der Waals surface area contributed by atoms with E-state index in [-0.39, 0.29) is 4.90 Å². The second-order valence-electron chi connectivity index (χ2n) is 4.35. The van der Waals surface area contributed by atoms with Crippen molar-refractivity contribution in [3.05, 3.63) is 52.0 Å². The number of benzene rings is 1. The zero-order valence-corrected chi connectivity index (χ0v) is 12.8. The van der Waals surface area contributed by atoms with Crippen LogP contribution < -0.4 is 0 Å². The van der Waals surface area contributed by atoms with E-state index in [1.54, 1.807) is 19.1 Å².